The van der Waals surface area contributed by atoms with E-state index in [1.807, 2.05) is 24.3 Å². The van der Waals surface area contributed by atoms with Crippen LogP contribution in [0.1, 0.15) is 23.6 Å². The van der Waals surface area contributed by atoms with E-state index in [0.717, 1.165) is 44.9 Å². The molecular formula is C46H33N5. The van der Waals surface area contributed by atoms with Gasteiger partial charge < -0.3 is 14.5 Å². The molecule has 0 fully saturated rings. The third-order valence-corrected chi connectivity index (χ3v) is 10.1. The molecule has 0 spiro atoms. The molecule has 2 aromatic heterocycles. The third-order valence-electron chi connectivity index (χ3n) is 10.1. The molecule has 3 heterocycles. The zero-order chi connectivity index (χ0) is 33.9. The number of hydrogen-bond donors (Lipinski definition) is 1. The molecule has 0 radical (unpaired) electrons. The van der Waals surface area contributed by atoms with Crippen LogP contribution in [0.4, 0.5) is 0 Å². The second kappa shape index (κ2) is 11.4. The van der Waals surface area contributed by atoms with Crippen LogP contribution in [0.25, 0.3) is 55.0 Å². The lowest BCUT2D eigenvalue weighted by molar-refractivity contribution is 0.455. The first kappa shape index (κ1) is 29.2. The maximum Gasteiger partial charge on any atom is 0.159 e. The Balaban J connectivity index is 1.19. The molecule has 0 saturated heterocycles. The quantitative estimate of drug-likeness (QED) is 0.197. The number of amidine groups is 2. The Bertz CT molecular complexity index is 2830. The second-order valence-electron chi connectivity index (χ2n) is 13.3. The first-order valence-corrected chi connectivity index (χ1v) is 17.3. The van der Waals surface area contributed by atoms with E-state index in [2.05, 4.69) is 173 Å². The number of para-hydroxylation sites is 3. The van der Waals surface area contributed by atoms with Crippen molar-refractivity contribution in [3.8, 4) is 11.4 Å². The predicted molar refractivity (Wildman–Crippen MR) is 212 cm³/mol. The molecule has 0 saturated carbocycles. The van der Waals surface area contributed by atoms with Gasteiger partial charge in [0.25, 0.3) is 0 Å². The van der Waals surface area contributed by atoms with Crippen LogP contribution in [0, 0.1) is 0 Å². The van der Waals surface area contributed by atoms with Crippen LogP contribution < -0.4 is 5.32 Å². The summed E-state index contributed by atoms with van der Waals surface area (Å²) in [5.74, 6) is 1.48. The molecule has 1 atom stereocenters. The molecule has 7 aromatic carbocycles. The van der Waals surface area contributed by atoms with Gasteiger partial charge in [0, 0.05) is 44.0 Å². The van der Waals surface area contributed by atoms with Gasteiger partial charge >= 0.3 is 0 Å². The number of hydrogen-bond acceptors (Lipinski definition) is 3. The Labute approximate surface area is 295 Å². The summed E-state index contributed by atoms with van der Waals surface area (Å²) in [7, 11) is 0. The summed E-state index contributed by atoms with van der Waals surface area (Å²) in [6.45, 7) is 2.12. The molecule has 10 rings (SSSR count). The van der Waals surface area contributed by atoms with Crippen LogP contribution in [0.2, 0.25) is 0 Å². The van der Waals surface area contributed by atoms with Crippen molar-refractivity contribution < 1.29 is 0 Å². The summed E-state index contributed by atoms with van der Waals surface area (Å²) < 4.78 is 4.78. The number of rotatable bonds is 5. The maximum atomic E-state index is 5.17. The lowest BCUT2D eigenvalue weighted by atomic mass is 9.99. The summed E-state index contributed by atoms with van der Waals surface area (Å²) >= 11 is 0. The van der Waals surface area contributed by atoms with Crippen LogP contribution >= 0.6 is 0 Å². The average Bonchev–Trinajstić information content (AvgIpc) is 3.70. The van der Waals surface area contributed by atoms with E-state index in [4.69, 9.17) is 9.98 Å². The van der Waals surface area contributed by atoms with Gasteiger partial charge in [-0.1, -0.05) is 127 Å². The first-order valence-electron chi connectivity index (χ1n) is 17.3. The van der Waals surface area contributed by atoms with E-state index >= 15 is 0 Å². The minimum absolute atomic E-state index is 0.703. The van der Waals surface area contributed by atoms with E-state index in [-0.39, 0.29) is 0 Å². The molecule has 0 aliphatic carbocycles. The normalized spacial score (nSPS) is 16.0. The van der Waals surface area contributed by atoms with E-state index in [1.165, 1.54) is 32.6 Å². The summed E-state index contributed by atoms with van der Waals surface area (Å²) in [4.78, 5) is 10.3. The number of nitrogens with zero attached hydrogens (tertiary/aromatic N) is 4. The summed E-state index contributed by atoms with van der Waals surface area (Å²) in [5.41, 5.74) is 9.23. The van der Waals surface area contributed by atoms with Crippen LogP contribution in [0.3, 0.4) is 0 Å². The van der Waals surface area contributed by atoms with Crippen molar-refractivity contribution in [1.82, 2.24) is 14.5 Å². The summed E-state index contributed by atoms with van der Waals surface area (Å²) in [6.07, 6.45) is 0. The molecule has 1 aliphatic rings. The highest BCUT2D eigenvalue weighted by Crippen LogP contribution is 2.39. The fourth-order valence-electron chi connectivity index (χ4n) is 7.74. The SMILES string of the molecule is CC1(c2ccccc2)N=C(c2ccccc2)N=C(c2cccc(-n3c4ccccc4c4cc5c6ccccc6n(-c6ccccc6)c5cc43)c2)N1. The molecule has 1 aliphatic heterocycles. The Kier molecular flexibility index (Phi) is 6.55. The molecule has 1 unspecified atom stereocenters. The van der Waals surface area contributed by atoms with Crippen LogP contribution in [0.5, 0.6) is 0 Å². The maximum absolute atomic E-state index is 5.17. The van der Waals surface area contributed by atoms with Crippen molar-refractivity contribution in [1.29, 1.82) is 0 Å². The molecule has 9 aromatic rings. The zero-order valence-corrected chi connectivity index (χ0v) is 28.0. The van der Waals surface area contributed by atoms with Crippen LogP contribution in [-0.4, -0.2) is 20.8 Å². The molecule has 242 valence electrons. The van der Waals surface area contributed by atoms with E-state index in [1.54, 1.807) is 0 Å². The highest BCUT2D eigenvalue weighted by molar-refractivity contribution is 6.19. The van der Waals surface area contributed by atoms with E-state index in [0.29, 0.717) is 5.84 Å². The monoisotopic (exact) mass is 655 g/mol. The Morgan fingerprint density at radius 2 is 0.980 bits per heavy atom. The highest BCUT2D eigenvalue weighted by atomic mass is 15.2. The van der Waals surface area contributed by atoms with Gasteiger partial charge in [-0.25, -0.2) is 9.98 Å². The Morgan fingerprint density at radius 1 is 0.451 bits per heavy atom. The topological polar surface area (TPSA) is 46.6 Å². The van der Waals surface area contributed by atoms with Crippen molar-refractivity contribution in [2.75, 3.05) is 0 Å². The molecule has 51 heavy (non-hydrogen) atoms. The van der Waals surface area contributed by atoms with Gasteiger partial charge in [0.2, 0.25) is 0 Å². The van der Waals surface area contributed by atoms with Crippen LogP contribution in [-0.2, 0) is 5.66 Å². The molecule has 0 bridgehead atoms. The van der Waals surface area contributed by atoms with Gasteiger partial charge in [0.05, 0.1) is 22.1 Å². The van der Waals surface area contributed by atoms with Gasteiger partial charge in [0.1, 0.15) is 5.84 Å². The molecular weight excluding hydrogens is 623 g/mol. The van der Waals surface area contributed by atoms with E-state index in [9.17, 15) is 0 Å². The van der Waals surface area contributed by atoms with Gasteiger partial charge in [-0.05, 0) is 61.0 Å². The third kappa shape index (κ3) is 4.70. The van der Waals surface area contributed by atoms with Gasteiger partial charge in [-0.2, -0.15) is 0 Å². The zero-order valence-electron chi connectivity index (χ0n) is 28.0. The molecule has 0 amide bonds. The molecule has 5 nitrogen and oxygen atoms in total. The number of fused-ring (bicyclic) bond motifs is 6. The predicted octanol–water partition coefficient (Wildman–Crippen LogP) is 10.6. The smallest absolute Gasteiger partial charge is 0.159 e. The second-order valence-corrected chi connectivity index (χ2v) is 13.3. The van der Waals surface area contributed by atoms with Crippen LogP contribution in [0.15, 0.2) is 186 Å². The number of aliphatic imine (C=N–C) groups is 2. The van der Waals surface area contributed by atoms with Crippen molar-refractivity contribution in [2.45, 2.75) is 12.6 Å². The van der Waals surface area contributed by atoms with Gasteiger partial charge in [-0.15, -0.1) is 0 Å². The minimum Gasteiger partial charge on any atom is -0.342 e. The van der Waals surface area contributed by atoms with Crippen molar-refractivity contribution >= 4 is 55.3 Å². The Morgan fingerprint density at radius 3 is 1.65 bits per heavy atom. The summed E-state index contributed by atoms with van der Waals surface area (Å²) in [5, 5.41) is 8.66. The lowest BCUT2D eigenvalue weighted by Crippen LogP contribution is -2.46. The minimum atomic E-state index is -0.706. The fourth-order valence-corrected chi connectivity index (χ4v) is 7.74. The van der Waals surface area contributed by atoms with Gasteiger partial charge in [0.15, 0.2) is 11.5 Å². The fraction of sp³-hybridized carbons (Fsp3) is 0.0435. The number of benzene rings is 7. The number of aromatic nitrogens is 2. The van der Waals surface area contributed by atoms with Crippen molar-refractivity contribution in [2.24, 2.45) is 9.98 Å². The van der Waals surface area contributed by atoms with Crippen molar-refractivity contribution in [3.63, 3.8) is 0 Å². The summed E-state index contributed by atoms with van der Waals surface area (Å²) in [6, 6.07) is 62.2. The van der Waals surface area contributed by atoms with Crippen molar-refractivity contribution in [3.05, 3.63) is 193 Å². The lowest BCUT2D eigenvalue weighted by Gasteiger charge is -2.33. The first-order chi connectivity index (χ1) is 25.1. The largest absolute Gasteiger partial charge is 0.342 e. The highest BCUT2D eigenvalue weighted by Gasteiger charge is 2.32. The van der Waals surface area contributed by atoms with E-state index < -0.39 is 5.66 Å². The number of nitrogens with one attached hydrogen (secondary N) is 1. The molecule has 5 heteroatoms. The molecule has 1 N–H and O–H groups in total. The van der Waals surface area contributed by atoms with Gasteiger partial charge in [-0.3, -0.25) is 0 Å². The average molecular weight is 656 g/mol. The Hall–Kier alpha value is -6.72. The standard InChI is InChI=1S/C46H33N5/c1-46(33-19-7-3-8-20-33)48-44(31-16-5-2-6-17-31)47-45(49-46)32-18-15-23-35(28-32)51-41-27-14-12-25-37(41)39-29-38-36-24-11-13-26-40(36)50(42(38)30-43(39)51)34-21-9-4-10-22-34/h2-30H,1H3,(H,47,48,49).